The highest BCUT2D eigenvalue weighted by molar-refractivity contribution is 5.88. The SMILES string of the molecule is O=C(NCCCC1CCCCO1)Nc1cnc(C2CC2)nc1. The topological polar surface area (TPSA) is 76.1 Å². The Bertz CT molecular complexity index is 481. The van der Waals surface area contributed by atoms with E-state index in [1.165, 1.54) is 25.7 Å². The Hall–Kier alpha value is -1.69. The summed E-state index contributed by atoms with van der Waals surface area (Å²) in [5.74, 6) is 1.42. The Morgan fingerprint density at radius 1 is 1.23 bits per heavy atom. The van der Waals surface area contributed by atoms with Crippen molar-refractivity contribution >= 4 is 11.7 Å². The molecule has 1 unspecified atom stereocenters. The molecule has 2 fully saturated rings. The lowest BCUT2D eigenvalue weighted by Crippen LogP contribution is -2.30. The summed E-state index contributed by atoms with van der Waals surface area (Å²) in [5, 5.41) is 5.62. The fraction of sp³-hybridized carbons (Fsp3) is 0.688. The van der Waals surface area contributed by atoms with E-state index < -0.39 is 0 Å². The van der Waals surface area contributed by atoms with E-state index in [0.717, 1.165) is 31.7 Å². The summed E-state index contributed by atoms with van der Waals surface area (Å²) < 4.78 is 5.67. The fourth-order valence-corrected chi connectivity index (χ4v) is 2.70. The van der Waals surface area contributed by atoms with Crippen LogP contribution in [0.2, 0.25) is 0 Å². The predicted octanol–water partition coefficient (Wildman–Crippen LogP) is 2.82. The molecule has 2 aliphatic rings. The lowest BCUT2D eigenvalue weighted by atomic mass is 10.0. The quantitative estimate of drug-likeness (QED) is 0.792. The van der Waals surface area contributed by atoms with Crippen LogP contribution in [-0.4, -0.2) is 35.3 Å². The number of carbonyl (C=O) groups is 1. The van der Waals surface area contributed by atoms with Crippen LogP contribution >= 0.6 is 0 Å². The summed E-state index contributed by atoms with van der Waals surface area (Å²) in [6, 6.07) is -0.202. The number of urea groups is 1. The predicted molar refractivity (Wildman–Crippen MR) is 83.9 cm³/mol. The van der Waals surface area contributed by atoms with Crippen LogP contribution in [0.4, 0.5) is 10.5 Å². The maximum Gasteiger partial charge on any atom is 0.319 e. The summed E-state index contributed by atoms with van der Waals surface area (Å²) in [7, 11) is 0. The Kier molecular flexibility index (Phi) is 5.21. The second kappa shape index (κ2) is 7.54. The van der Waals surface area contributed by atoms with Crippen LogP contribution < -0.4 is 10.6 Å². The highest BCUT2D eigenvalue weighted by Crippen LogP contribution is 2.37. The van der Waals surface area contributed by atoms with E-state index in [4.69, 9.17) is 4.74 Å². The molecule has 1 aromatic rings. The first-order chi connectivity index (χ1) is 10.8. The zero-order valence-electron chi connectivity index (χ0n) is 12.9. The van der Waals surface area contributed by atoms with Crippen LogP contribution in [0, 0.1) is 0 Å². The molecule has 120 valence electrons. The summed E-state index contributed by atoms with van der Waals surface area (Å²) in [6.45, 7) is 1.54. The van der Waals surface area contributed by atoms with E-state index >= 15 is 0 Å². The number of hydrogen-bond acceptors (Lipinski definition) is 4. The van der Waals surface area contributed by atoms with Crippen LogP contribution in [0.3, 0.4) is 0 Å². The number of ether oxygens (including phenoxy) is 1. The van der Waals surface area contributed by atoms with E-state index in [2.05, 4.69) is 20.6 Å². The van der Waals surface area contributed by atoms with Crippen molar-refractivity contribution in [1.82, 2.24) is 15.3 Å². The number of amides is 2. The summed E-state index contributed by atoms with van der Waals surface area (Å²) in [4.78, 5) is 20.3. The van der Waals surface area contributed by atoms with Gasteiger partial charge in [-0.05, 0) is 44.9 Å². The average Bonchev–Trinajstić information content (AvgIpc) is 3.38. The molecule has 2 heterocycles. The molecular weight excluding hydrogens is 280 g/mol. The van der Waals surface area contributed by atoms with E-state index in [1.54, 1.807) is 12.4 Å². The van der Waals surface area contributed by atoms with E-state index in [9.17, 15) is 4.79 Å². The molecule has 2 amide bonds. The molecule has 1 saturated heterocycles. The Morgan fingerprint density at radius 2 is 2.05 bits per heavy atom. The van der Waals surface area contributed by atoms with Gasteiger partial charge in [0.25, 0.3) is 0 Å². The third kappa shape index (κ3) is 4.66. The van der Waals surface area contributed by atoms with Crippen LogP contribution in [0.1, 0.15) is 56.7 Å². The minimum Gasteiger partial charge on any atom is -0.378 e. The Balaban J connectivity index is 1.31. The van der Waals surface area contributed by atoms with Crippen LogP contribution in [0.5, 0.6) is 0 Å². The molecule has 1 aliphatic heterocycles. The number of hydrogen-bond donors (Lipinski definition) is 2. The highest BCUT2D eigenvalue weighted by Gasteiger charge is 2.26. The number of nitrogens with one attached hydrogen (secondary N) is 2. The number of aromatic nitrogens is 2. The van der Waals surface area contributed by atoms with E-state index in [-0.39, 0.29) is 6.03 Å². The second-order valence-corrected chi connectivity index (χ2v) is 6.12. The number of nitrogens with zero attached hydrogens (tertiary/aromatic N) is 2. The number of anilines is 1. The average molecular weight is 304 g/mol. The van der Waals surface area contributed by atoms with Crippen molar-refractivity contribution in [3.63, 3.8) is 0 Å². The molecule has 1 aliphatic carbocycles. The molecular formula is C16H24N4O2. The number of rotatable bonds is 6. The largest absolute Gasteiger partial charge is 0.378 e. The van der Waals surface area contributed by atoms with Gasteiger partial charge in [0.2, 0.25) is 0 Å². The molecule has 0 radical (unpaired) electrons. The van der Waals surface area contributed by atoms with Crippen molar-refractivity contribution < 1.29 is 9.53 Å². The maximum atomic E-state index is 11.8. The van der Waals surface area contributed by atoms with Gasteiger partial charge in [0.05, 0.1) is 24.2 Å². The first-order valence-corrected chi connectivity index (χ1v) is 8.29. The van der Waals surface area contributed by atoms with Gasteiger partial charge < -0.3 is 15.4 Å². The van der Waals surface area contributed by atoms with Crippen molar-refractivity contribution in [3.8, 4) is 0 Å². The standard InChI is InChI=1S/C16H24N4O2/c21-16(17-8-3-5-14-4-1-2-9-22-14)20-13-10-18-15(19-11-13)12-6-7-12/h10-12,14H,1-9H2,(H2,17,20,21). The molecule has 1 aromatic heterocycles. The molecule has 3 rings (SSSR count). The Labute approximate surface area is 131 Å². The molecule has 1 saturated carbocycles. The zero-order valence-corrected chi connectivity index (χ0v) is 12.9. The highest BCUT2D eigenvalue weighted by atomic mass is 16.5. The lowest BCUT2D eigenvalue weighted by Gasteiger charge is -2.22. The first-order valence-electron chi connectivity index (χ1n) is 8.29. The molecule has 0 aromatic carbocycles. The van der Waals surface area contributed by atoms with Crippen LogP contribution in [0.15, 0.2) is 12.4 Å². The smallest absolute Gasteiger partial charge is 0.319 e. The molecule has 0 spiro atoms. The van der Waals surface area contributed by atoms with Crippen LogP contribution in [0.25, 0.3) is 0 Å². The van der Waals surface area contributed by atoms with Crippen molar-refractivity contribution in [3.05, 3.63) is 18.2 Å². The first kappa shape index (κ1) is 15.2. The van der Waals surface area contributed by atoms with Gasteiger partial charge in [0, 0.05) is 19.1 Å². The summed E-state index contributed by atoms with van der Waals surface area (Å²) >= 11 is 0. The normalized spacial score (nSPS) is 21.4. The zero-order chi connectivity index (χ0) is 15.2. The van der Waals surface area contributed by atoms with Gasteiger partial charge in [0.15, 0.2) is 0 Å². The molecule has 6 nitrogen and oxygen atoms in total. The fourth-order valence-electron chi connectivity index (χ4n) is 2.70. The van der Waals surface area contributed by atoms with Gasteiger partial charge in [-0.3, -0.25) is 0 Å². The number of carbonyl (C=O) groups excluding carboxylic acids is 1. The molecule has 22 heavy (non-hydrogen) atoms. The molecule has 1 atom stereocenters. The van der Waals surface area contributed by atoms with Gasteiger partial charge in [-0.15, -0.1) is 0 Å². The minimum absolute atomic E-state index is 0.202. The van der Waals surface area contributed by atoms with Gasteiger partial charge in [-0.1, -0.05) is 0 Å². The summed E-state index contributed by atoms with van der Waals surface area (Å²) in [6.07, 6.45) is 11.6. The molecule has 0 bridgehead atoms. The maximum absolute atomic E-state index is 11.8. The van der Waals surface area contributed by atoms with Crippen molar-refractivity contribution in [1.29, 1.82) is 0 Å². The van der Waals surface area contributed by atoms with Gasteiger partial charge in [0.1, 0.15) is 5.82 Å². The minimum atomic E-state index is -0.202. The molecule has 6 heteroatoms. The van der Waals surface area contributed by atoms with Gasteiger partial charge in [-0.25, -0.2) is 14.8 Å². The third-order valence-corrected chi connectivity index (χ3v) is 4.13. The van der Waals surface area contributed by atoms with E-state index in [1.807, 2.05) is 0 Å². The third-order valence-electron chi connectivity index (χ3n) is 4.13. The van der Waals surface area contributed by atoms with Crippen molar-refractivity contribution in [2.24, 2.45) is 0 Å². The Morgan fingerprint density at radius 3 is 2.73 bits per heavy atom. The van der Waals surface area contributed by atoms with Crippen LogP contribution in [-0.2, 0) is 4.74 Å². The van der Waals surface area contributed by atoms with Gasteiger partial charge >= 0.3 is 6.03 Å². The van der Waals surface area contributed by atoms with E-state index in [0.29, 0.717) is 24.3 Å². The van der Waals surface area contributed by atoms with Crippen molar-refractivity contribution in [2.45, 2.75) is 57.0 Å². The monoisotopic (exact) mass is 304 g/mol. The molecule has 2 N–H and O–H groups in total. The second-order valence-electron chi connectivity index (χ2n) is 6.12. The van der Waals surface area contributed by atoms with Gasteiger partial charge in [-0.2, -0.15) is 0 Å². The van der Waals surface area contributed by atoms with Crippen molar-refractivity contribution in [2.75, 3.05) is 18.5 Å². The summed E-state index contributed by atoms with van der Waals surface area (Å²) in [5.41, 5.74) is 0.637. The lowest BCUT2D eigenvalue weighted by molar-refractivity contribution is 0.0103.